The second-order valence-corrected chi connectivity index (χ2v) is 10.8. The van der Waals surface area contributed by atoms with Crippen molar-refractivity contribution in [2.24, 2.45) is 0 Å². The number of piperazine rings is 1. The number of hydrogen-bond donors (Lipinski definition) is 1. The predicted molar refractivity (Wildman–Crippen MR) is 134 cm³/mol. The van der Waals surface area contributed by atoms with E-state index in [-0.39, 0.29) is 4.90 Å². The second-order valence-electron chi connectivity index (χ2n) is 8.82. The molecular weight excluding hydrogens is 448 g/mol. The number of fused-ring (bicyclic) bond motifs is 1. The highest BCUT2D eigenvalue weighted by atomic mass is 32.2. The van der Waals surface area contributed by atoms with Gasteiger partial charge < -0.3 is 10.2 Å². The van der Waals surface area contributed by atoms with Crippen molar-refractivity contribution < 1.29 is 8.42 Å². The molecule has 0 aliphatic carbocycles. The summed E-state index contributed by atoms with van der Waals surface area (Å²) in [5, 5.41) is 7.99. The summed E-state index contributed by atoms with van der Waals surface area (Å²) in [5.41, 5.74) is 4.39. The van der Waals surface area contributed by atoms with Crippen LogP contribution in [0.15, 0.2) is 71.6 Å². The Bertz CT molecular complexity index is 1420. The Kier molecular flexibility index (Phi) is 6.07. The van der Waals surface area contributed by atoms with Gasteiger partial charge in [0, 0.05) is 50.2 Å². The summed E-state index contributed by atoms with van der Waals surface area (Å²) >= 11 is 0. The summed E-state index contributed by atoms with van der Waals surface area (Å²) in [6.07, 6.45) is 1.21. The molecule has 9 heteroatoms. The summed E-state index contributed by atoms with van der Waals surface area (Å²) in [4.78, 5) is 9.73. The molecule has 3 heterocycles. The quantitative estimate of drug-likeness (QED) is 0.457. The molecule has 4 aromatic rings. The molecule has 0 saturated carbocycles. The third-order valence-corrected chi connectivity index (χ3v) is 7.21. The minimum atomic E-state index is -3.30. The summed E-state index contributed by atoms with van der Waals surface area (Å²) in [7, 11) is -1.14. The molecule has 1 N–H and O–H groups in total. The number of rotatable bonds is 6. The Morgan fingerprint density at radius 2 is 1.71 bits per heavy atom. The average molecular weight is 477 g/mol. The van der Waals surface area contributed by atoms with E-state index in [2.05, 4.69) is 44.4 Å². The van der Waals surface area contributed by atoms with Gasteiger partial charge in [0.15, 0.2) is 15.5 Å². The molecule has 0 bridgehead atoms. The number of aromatic nitrogens is 3. The Balaban J connectivity index is 1.39. The van der Waals surface area contributed by atoms with Crippen LogP contribution in [0.1, 0.15) is 5.56 Å². The topological polar surface area (TPSA) is 82.8 Å². The number of likely N-dealkylation sites (N-methyl/N-ethyl adjacent to an activating group) is 1. The average Bonchev–Trinajstić information content (AvgIpc) is 3.23. The molecule has 0 amide bonds. The highest BCUT2D eigenvalue weighted by Crippen LogP contribution is 2.25. The SMILES string of the molecule is CN1CCN(Cc2cccc(Nc3nc4cccc(-c5cccc(S(C)(=O)=O)c5)n4n3)c2)CC1. The summed E-state index contributed by atoms with van der Waals surface area (Å²) < 4.78 is 25.7. The number of pyridine rings is 1. The first-order valence-electron chi connectivity index (χ1n) is 11.3. The molecule has 34 heavy (non-hydrogen) atoms. The molecule has 2 aromatic carbocycles. The maximum Gasteiger partial charge on any atom is 0.247 e. The van der Waals surface area contributed by atoms with E-state index in [9.17, 15) is 8.42 Å². The minimum absolute atomic E-state index is 0.276. The van der Waals surface area contributed by atoms with E-state index in [0.29, 0.717) is 11.6 Å². The number of hydrogen-bond acceptors (Lipinski definition) is 7. The van der Waals surface area contributed by atoms with E-state index in [0.717, 1.165) is 49.7 Å². The molecule has 8 nitrogen and oxygen atoms in total. The highest BCUT2D eigenvalue weighted by Gasteiger charge is 2.15. The van der Waals surface area contributed by atoms with Gasteiger partial charge in [-0.15, -0.1) is 5.10 Å². The van der Waals surface area contributed by atoms with Gasteiger partial charge in [-0.25, -0.2) is 12.9 Å². The summed E-state index contributed by atoms with van der Waals surface area (Å²) in [6, 6.07) is 20.9. The number of sulfone groups is 1. The van der Waals surface area contributed by atoms with Crippen LogP contribution in [0.4, 0.5) is 11.6 Å². The van der Waals surface area contributed by atoms with Crippen LogP contribution in [0.2, 0.25) is 0 Å². The lowest BCUT2D eigenvalue weighted by molar-refractivity contribution is 0.148. The van der Waals surface area contributed by atoms with Crippen LogP contribution in [0.5, 0.6) is 0 Å². The molecule has 1 aliphatic rings. The van der Waals surface area contributed by atoms with E-state index in [1.165, 1.54) is 11.8 Å². The fraction of sp³-hybridized carbons (Fsp3) is 0.280. The van der Waals surface area contributed by atoms with Crippen molar-refractivity contribution in [1.29, 1.82) is 0 Å². The van der Waals surface area contributed by atoms with Gasteiger partial charge in [0.25, 0.3) is 0 Å². The number of nitrogens with one attached hydrogen (secondary N) is 1. The van der Waals surface area contributed by atoms with Crippen molar-refractivity contribution in [3.05, 3.63) is 72.3 Å². The zero-order chi connectivity index (χ0) is 23.7. The van der Waals surface area contributed by atoms with Crippen LogP contribution in [0, 0.1) is 0 Å². The van der Waals surface area contributed by atoms with Crippen LogP contribution < -0.4 is 5.32 Å². The van der Waals surface area contributed by atoms with Crippen molar-refractivity contribution in [3.63, 3.8) is 0 Å². The van der Waals surface area contributed by atoms with Crippen molar-refractivity contribution in [3.8, 4) is 11.3 Å². The Labute approximate surface area is 199 Å². The summed E-state index contributed by atoms with van der Waals surface area (Å²) in [5.74, 6) is 0.489. The Morgan fingerprint density at radius 3 is 2.50 bits per heavy atom. The zero-order valence-electron chi connectivity index (χ0n) is 19.3. The van der Waals surface area contributed by atoms with Crippen LogP contribution in [0.25, 0.3) is 16.9 Å². The third kappa shape index (κ3) is 4.96. The molecule has 5 rings (SSSR count). The van der Waals surface area contributed by atoms with Gasteiger partial charge >= 0.3 is 0 Å². The van der Waals surface area contributed by atoms with Gasteiger partial charge in [0.1, 0.15) is 0 Å². The van der Waals surface area contributed by atoms with Crippen LogP contribution >= 0.6 is 0 Å². The van der Waals surface area contributed by atoms with Crippen molar-refractivity contribution in [1.82, 2.24) is 24.4 Å². The standard InChI is InChI=1S/C25H28N6O2S/c1-29-12-14-30(15-13-29)18-19-6-3-8-21(16-19)26-25-27-24-11-5-10-23(31(24)28-25)20-7-4-9-22(17-20)34(2,32)33/h3-11,16-17H,12-15,18H2,1-2H3,(H,26,28). The van der Waals surface area contributed by atoms with Gasteiger partial charge in [-0.1, -0.05) is 30.3 Å². The monoisotopic (exact) mass is 476 g/mol. The molecule has 0 atom stereocenters. The molecule has 2 aromatic heterocycles. The molecular formula is C25H28N6O2S. The first-order valence-corrected chi connectivity index (χ1v) is 13.2. The smallest absolute Gasteiger partial charge is 0.247 e. The maximum absolute atomic E-state index is 12.0. The van der Waals surface area contributed by atoms with E-state index >= 15 is 0 Å². The predicted octanol–water partition coefficient (Wildman–Crippen LogP) is 3.29. The van der Waals surface area contributed by atoms with Crippen LogP contribution in [0.3, 0.4) is 0 Å². The molecule has 1 aliphatic heterocycles. The summed E-state index contributed by atoms with van der Waals surface area (Å²) in [6.45, 7) is 5.26. The number of benzene rings is 2. The number of anilines is 2. The molecule has 0 radical (unpaired) electrons. The van der Waals surface area contributed by atoms with Crippen molar-refractivity contribution >= 4 is 27.1 Å². The molecule has 1 saturated heterocycles. The normalized spacial score (nSPS) is 15.6. The van der Waals surface area contributed by atoms with E-state index < -0.39 is 9.84 Å². The largest absolute Gasteiger partial charge is 0.323 e. The maximum atomic E-state index is 12.0. The van der Waals surface area contributed by atoms with Crippen molar-refractivity contribution in [2.45, 2.75) is 11.4 Å². The Hall–Kier alpha value is -3.27. The van der Waals surface area contributed by atoms with Crippen LogP contribution in [-0.4, -0.2) is 72.3 Å². The number of nitrogens with zero attached hydrogens (tertiary/aromatic N) is 5. The third-order valence-electron chi connectivity index (χ3n) is 6.10. The fourth-order valence-electron chi connectivity index (χ4n) is 4.20. The highest BCUT2D eigenvalue weighted by molar-refractivity contribution is 7.90. The molecule has 1 fully saturated rings. The second kappa shape index (κ2) is 9.17. The Morgan fingerprint density at radius 1 is 0.941 bits per heavy atom. The first-order chi connectivity index (χ1) is 16.3. The molecule has 176 valence electrons. The van der Waals surface area contributed by atoms with E-state index in [1.807, 2.05) is 36.4 Å². The van der Waals surface area contributed by atoms with Gasteiger partial charge in [-0.2, -0.15) is 4.98 Å². The van der Waals surface area contributed by atoms with Crippen molar-refractivity contribution in [2.75, 3.05) is 44.8 Å². The molecule has 0 spiro atoms. The van der Waals surface area contributed by atoms with Crippen LogP contribution in [-0.2, 0) is 16.4 Å². The van der Waals surface area contributed by atoms with E-state index in [4.69, 9.17) is 0 Å². The lowest BCUT2D eigenvalue weighted by Gasteiger charge is -2.32. The minimum Gasteiger partial charge on any atom is -0.323 e. The fourth-order valence-corrected chi connectivity index (χ4v) is 4.87. The van der Waals surface area contributed by atoms with E-state index in [1.54, 1.807) is 22.7 Å². The van der Waals surface area contributed by atoms with Gasteiger partial charge in [-0.3, -0.25) is 4.90 Å². The molecule has 0 unspecified atom stereocenters. The van der Waals surface area contributed by atoms with Gasteiger partial charge in [0.2, 0.25) is 5.95 Å². The lowest BCUT2D eigenvalue weighted by Crippen LogP contribution is -2.43. The lowest BCUT2D eigenvalue weighted by atomic mass is 10.1. The zero-order valence-corrected chi connectivity index (χ0v) is 20.2. The first kappa shape index (κ1) is 22.5. The van der Waals surface area contributed by atoms with Gasteiger partial charge in [-0.05, 0) is 49.0 Å². The van der Waals surface area contributed by atoms with Gasteiger partial charge in [0.05, 0.1) is 10.6 Å².